The van der Waals surface area contributed by atoms with E-state index in [4.69, 9.17) is 21.1 Å². The molecule has 1 aliphatic heterocycles. The third kappa shape index (κ3) is 5.48. The van der Waals surface area contributed by atoms with Crippen LogP contribution in [0.15, 0.2) is 54.6 Å². The highest BCUT2D eigenvalue weighted by atomic mass is 35.5. The number of nitrogens with one attached hydrogen (secondary N) is 1. The number of nitrogens with zero attached hydrogens (tertiary/aromatic N) is 1. The zero-order chi connectivity index (χ0) is 24.2. The lowest BCUT2D eigenvalue weighted by Crippen LogP contribution is -2.20. The number of rotatable bonds is 7. The molecule has 2 N–H and O–H groups in total. The van der Waals surface area contributed by atoms with Crippen molar-refractivity contribution in [1.82, 2.24) is 4.98 Å². The number of carboxylic acid groups (broad SMARTS) is 1. The van der Waals surface area contributed by atoms with E-state index in [-0.39, 0.29) is 10.9 Å². The summed E-state index contributed by atoms with van der Waals surface area (Å²) in [5.74, 6) is 0.389. The third-order valence-corrected chi connectivity index (χ3v) is 5.71. The number of anilines is 1. The van der Waals surface area contributed by atoms with Gasteiger partial charge in [0.2, 0.25) is 0 Å². The summed E-state index contributed by atoms with van der Waals surface area (Å²) in [6.07, 6.45) is 1.23. The van der Waals surface area contributed by atoms with Gasteiger partial charge in [0.15, 0.2) is 0 Å². The van der Waals surface area contributed by atoms with Crippen molar-refractivity contribution in [2.75, 3.05) is 11.9 Å². The summed E-state index contributed by atoms with van der Waals surface area (Å²) in [6, 6.07) is 15.4. The predicted octanol–water partition coefficient (Wildman–Crippen LogP) is 5.93. The Labute approximate surface area is 202 Å². The standard InChI is InChI=1S/C26H25ClN2O5/c1-15(2)12-17-4-3-5-24(28-17)29-25(30)16-6-8-18(9-7-16)34-23-14-22-20(13-21(23)27)19(26(31)32)10-11-33-22/h3-9,13-15,19H,10-12H2,1-2H3,(H,31,32)(H,28,29,30). The van der Waals surface area contributed by atoms with E-state index in [0.717, 1.165) is 12.1 Å². The fraction of sp³-hybridized carbons (Fsp3) is 0.269. The van der Waals surface area contributed by atoms with Crippen LogP contribution in [-0.4, -0.2) is 28.6 Å². The number of aliphatic carboxylic acids is 1. The normalized spacial score (nSPS) is 14.8. The molecule has 0 aliphatic carbocycles. The molecule has 7 nitrogen and oxygen atoms in total. The fourth-order valence-corrected chi connectivity index (χ4v) is 4.01. The minimum absolute atomic E-state index is 0.277. The van der Waals surface area contributed by atoms with Crippen molar-refractivity contribution in [1.29, 1.82) is 0 Å². The van der Waals surface area contributed by atoms with Crippen LogP contribution < -0.4 is 14.8 Å². The Morgan fingerprint density at radius 2 is 1.97 bits per heavy atom. The van der Waals surface area contributed by atoms with Crippen molar-refractivity contribution in [2.45, 2.75) is 32.6 Å². The van der Waals surface area contributed by atoms with Crippen LogP contribution >= 0.6 is 11.6 Å². The van der Waals surface area contributed by atoms with Gasteiger partial charge in [0, 0.05) is 22.9 Å². The lowest BCUT2D eigenvalue weighted by atomic mass is 9.93. The van der Waals surface area contributed by atoms with Gasteiger partial charge < -0.3 is 19.9 Å². The van der Waals surface area contributed by atoms with Crippen molar-refractivity contribution >= 4 is 29.3 Å². The highest BCUT2D eigenvalue weighted by Crippen LogP contribution is 2.41. The van der Waals surface area contributed by atoms with Crippen LogP contribution in [0.4, 0.5) is 5.82 Å². The van der Waals surface area contributed by atoms with Gasteiger partial charge in [-0.15, -0.1) is 0 Å². The number of aromatic nitrogens is 1. The van der Waals surface area contributed by atoms with Gasteiger partial charge in [-0.1, -0.05) is 31.5 Å². The molecule has 0 fully saturated rings. The van der Waals surface area contributed by atoms with Crippen LogP contribution in [0.5, 0.6) is 17.2 Å². The first-order valence-corrected chi connectivity index (χ1v) is 11.4. The van der Waals surface area contributed by atoms with Gasteiger partial charge in [-0.3, -0.25) is 9.59 Å². The molecular formula is C26H25ClN2O5. The van der Waals surface area contributed by atoms with E-state index in [9.17, 15) is 14.7 Å². The van der Waals surface area contributed by atoms with Gasteiger partial charge in [-0.25, -0.2) is 4.98 Å². The van der Waals surface area contributed by atoms with E-state index in [1.165, 1.54) is 0 Å². The van der Waals surface area contributed by atoms with Crippen LogP contribution in [0.1, 0.15) is 47.8 Å². The number of ether oxygens (including phenoxy) is 2. The lowest BCUT2D eigenvalue weighted by Gasteiger charge is -2.24. The summed E-state index contributed by atoms with van der Waals surface area (Å²) in [5.41, 5.74) is 1.92. The zero-order valence-electron chi connectivity index (χ0n) is 18.9. The summed E-state index contributed by atoms with van der Waals surface area (Å²) in [6.45, 7) is 4.55. The number of fused-ring (bicyclic) bond motifs is 1. The Hall–Kier alpha value is -3.58. The molecule has 1 amide bonds. The lowest BCUT2D eigenvalue weighted by molar-refractivity contribution is -0.139. The molecule has 4 rings (SSSR count). The van der Waals surface area contributed by atoms with Crippen molar-refractivity contribution < 1.29 is 24.2 Å². The van der Waals surface area contributed by atoms with Crippen molar-refractivity contribution in [3.05, 3.63) is 76.4 Å². The molecule has 2 aromatic carbocycles. The smallest absolute Gasteiger partial charge is 0.311 e. The highest BCUT2D eigenvalue weighted by Gasteiger charge is 2.29. The third-order valence-electron chi connectivity index (χ3n) is 5.41. The molecule has 0 radical (unpaired) electrons. The first kappa shape index (κ1) is 23.6. The maximum absolute atomic E-state index is 12.6. The van der Waals surface area contributed by atoms with Gasteiger partial charge in [0.05, 0.1) is 17.5 Å². The number of hydrogen-bond donors (Lipinski definition) is 2. The van der Waals surface area contributed by atoms with Crippen molar-refractivity contribution in [3.8, 4) is 17.2 Å². The van der Waals surface area contributed by atoms with Gasteiger partial charge in [0.1, 0.15) is 23.1 Å². The maximum atomic E-state index is 12.6. The minimum Gasteiger partial charge on any atom is -0.493 e. The molecule has 1 aliphatic rings. The predicted molar refractivity (Wildman–Crippen MR) is 129 cm³/mol. The number of pyridine rings is 1. The topological polar surface area (TPSA) is 97.8 Å². The molecule has 1 unspecified atom stereocenters. The van der Waals surface area contributed by atoms with E-state index in [0.29, 0.717) is 53.1 Å². The van der Waals surface area contributed by atoms with E-state index in [2.05, 4.69) is 24.1 Å². The van der Waals surface area contributed by atoms with Crippen LogP contribution in [-0.2, 0) is 11.2 Å². The molecule has 1 aromatic heterocycles. The number of carboxylic acids is 1. The summed E-state index contributed by atoms with van der Waals surface area (Å²) in [5, 5.41) is 12.5. The molecule has 0 saturated heterocycles. The number of amides is 1. The van der Waals surface area contributed by atoms with Crippen LogP contribution in [0.2, 0.25) is 5.02 Å². The average Bonchev–Trinajstić information content (AvgIpc) is 2.79. The summed E-state index contributed by atoms with van der Waals surface area (Å²) in [4.78, 5) is 28.6. The second kappa shape index (κ2) is 10.1. The molecule has 1 atom stereocenters. The average molecular weight is 481 g/mol. The Bertz CT molecular complexity index is 1210. The number of hydrogen-bond acceptors (Lipinski definition) is 5. The Balaban J connectivity index is 1.45. The first-order chi connectivity index (χ1) is 16.3. The van der Waals surface area contributed by atoms with Crippen LogP contribution in [0, 0.1) is 5.92 Å². The van der Waals surface area contributed by atoms with Crippen molar-refractivity contribution in [2.24, 2.45) is 5.92 Å². The number of carbonyl (C=O) groups is 2. The molecular weight excluding hydrogens is 456 g/mol. The Morgan fingerprint density at radius 3 is 2.68 bits per heavy atom. The monoisotopic (exact) mass is 480 g/mol. The molecule has 3 aromatic rings. The number of carbonyl (C=O) groups excluding carboxylic acids is 1. The van der Waals surface area contributed by atoms with Crippen LogP contribution in [0.3, 0.4) is 0 Å². The fourth-order valence-electron chi connectivity index (χ4n) is 3.80. The minimum atomic E-state index is -0.912. The summed E-state index contributed by atoms with van der Waals surface area (Å²) < 4.78 is 11.5. The maximum Gasteiger partial charge on any atom is 0.311 e. The Kier molecular flexibility index (Phi) is 7.03. The van der Waals surface area contributed by atoms with Crippen LogP contribution in [0.25, 0.3) is 0 Å². The highest BCUT2D eigenvalue weighted by molar-refractivity contribution is 6.32. The molecule has 0 saturated carbocycles. The van der Waals surface area contributed by atoms with Crippen molar-refractivity contribution in [3.63, 3.8) is 0 Å². The second-order valence-corrected chi connectivity index (χ2v) is 8.95. The first-order valence-electron chi connectivity index (χ1n) is 11.0. The molecule has 0 bridgehead atoms. The largest absolute Gasteiger partial charge is 0.493 e. The molecule has 34 heavy (non-hydrogen) atoms. The zero-order valence-corrected chi connectivity index (χ0v) is 19.6. The summed E-state index contributed by atoms with van der Waals surface area (Å²) >= 11 is 6.35. The molecule has 8 heteroatoms. The quantitative estimate of drug-likeness (QED) is 0.435. The molecule has 2 heterocycles. The Morgan fingerprint density at radius 1 is 1.21 bits per heavy atom. The number of benzene rings is 2. The van der Waals surface area contributed by atoms with Gasteiger partial charge >= 0.3 is 5.97 Å². The summed E-state index contributed by atoms with van der Waals surface area (Å²) in [7, 11) is 0. The van der Waals surface area contributed by atoms with Gasteiger partial charge in [0.25, 0.3) is 5.91 Å². The molecule has 0 spiro atoms. The SMILES string of the molecule is CC(C)Cc1cccc(NC(=O)c2ccc(Oc3cc4c(cc3Cl)C(C(=O)O)CCO4)cc2)n1. The number of halogens is 1. The van der Waals surface area contributed by atoms with E-state index in [1.807, 2.05) is 12.1 Å². The van der Waals surface area contributed by atoms with E-state index < -0.39 is 11.9 Å². The van der Waals surface area contributed by atoms with E-state index >= 15 is 0 Å². The molecule has 176 valence electrons. The van der Waals surface area contributed by atoms with Gasteiger partial charge in [-0.05, 0) is 61.2 Å². The van der Waals surface area contributed by atoms with Gasteiger partial charge in [-0.2, -0.15) is 0 Å². The van der Waals surface area contributed by atoms with E-state index in [1.54, 1.807) is 42.5 Å². The second-order valence-electron chi connectivity index (χ2n) is 8.54.